The summed E-state index contributed by atoms with van der Waals surface area (Å²) in [5.41, 5.74) is 7.15. The third-order valence-electron chi connectivity index (χ3n) is 9.40. The zero-order valence-corrected chi connectivity index (χ0v) is 30.7. The maximum Gasteiger partial charge on any atom is 0.335 e. The van der Waals surface area contributed by atoms with E-state index in [9.17, 15) is 18.3 Å². The highest BCUT2D eigenvalue weighted by Crippen LogP contribution is 2.38. The SMILES string of the molecule is CC(C)(C)c1ccccc1S(=O)(=O)NCCc1c(CCCc2ccc(C(=O)O)cc2)c2cc(Cl)ccc2n1C(c1ccccc1)c1ccccc1. The molecular weight excluding hydrogens is 676 g/mol. The molecule has 6 rings (SSSR count). The number of benzene rings is 5. The quantitative estimate of drug-likeness (QED) is 0.125. The predicted octanol–water partition coefficient (Wildman–Crippen LogP) is 9.62. The Morgan fingerprint density at radius 2 is 1.39 bits per heavy atom. The van der Waals surface area contributed by atoms with E-state index in [2.05, 4.69) is 39.6 Å². The fourth-order valence-electron chi connectivity index (χ4n) is 7.00. The molecule has 1 heterocycles. The van der Waals surface area contributed by atoms with Gasteiger partial charge in [0, 0.05) is 34.6 Å². The summed E-state index contributed by atoms with van der Waals surface area (Å²) >= 11 is 6.67. The van der Waals surface area contributed by atoms with Gasteiger partial charge >= 0.3 is 5.97 Å². The van der Waals surface area contributed by atoms with Crippen LogP contribution in [0.4, 0.5) is 0 Å². The number of hydrogen-bond acceptors (Lipinski definition) is 3. The Morgan fingerprint density at radius 3 is 2.00 bits per heavy atom. The highest BCUT2D eigenvalue weighted by Gasteiger charge is 2.28. The topological polar surface area (TPSA) is 88.4 Å². The number of aromatic carboxylic acids is 1. The van der Waals surface area contributed by atoms with Crippen molar-refractivity contribution in [3.05, 3.63) is 171 Å². The standard InChI is InChI=1S/C43H43ClN2O4S/c1-43(2,3)37-19-10-11-20-40(37)51(49,50)45-28-27-39-35(18-12-13-30-21-23-33(24-22-30)42(47)48)36-29-34(44)25-26-38(36)46(39)41(31-14-6-4-7-15-31)32-16-8-5-9-17-32/h4-11,14-17,19-26,29,41,45H,12-13,18,27-28H2,1-3H3,(H,47,48). The lowest BCUT2D eigenvalue weighted by atomic mass is 9.87. The van der Waals surface area contributed by atoms with Crippen LogP contribution in [0, 0.1) is 0 Å². The number of halogens is 1. The molecule has 0 aliphatic rings. The molecule has 51 heavy (non-hydrogen) atoms. The van der Waals surface area contributed by atoms with Crippen molar-refractivity contribution in [3.8, 4) is 0 Å². The molecule has 6 aromatic rings. The van der Waals surface area contributed by atoms with Crippen LogP contribution in [0.15, 0.2) is 132 Å². The number of nitrogens with one attached hydrogen (secondary N) is 1. The summed E-state index contributed by atoms with van der Waals surface area (Å²) in [5, 5.41) is 11.0. The van der Waals surface area contributed by atoms with Crippen molar-refractivity contribution in [2.75, 3.05) is 6.54 Å². The van der Waals surface area contributed by atoms with Crippen LogP contribution >= 0.6 is 11.6 Å². The molecular formula is C43H43ClN2O4S. The predicted molar refractivity (Wildman–Crippen MR) is 207 cm³/mol. The van der Waals surface area contributed by atoms with E-state index >= 15 is 0 Å². The van der Waals surface area contributed by atoms with Gasteiger partial charge < -0.3 is 9.67 Å². The molecule has 2 N–H and O–H groups in total. The normalized spacial score (nSPS) is 12.1. The van der Waals surface area contributed by atoms with Gasteiger partial charge in [-0.15, -0.1) is 0 Å². The monoisotopic (exact) mass is 718 g/mol. The zero-order valence-electron chi connectivity index (χ0n) is 29.1. The van der Waals surface area contributed by atoms with Crippen molar-refractivity contribution in [2.24, 2.45) is 0 Å². The average Bonchev–Trinajstić information content (AvgIpc) is 3.40. The number of aromatic nitrogens is 1. The Kier molecular flexibility index (Phi) is 10.8. The maximum absolute atomic E-state index is 13.9. The smallest absolute Gasteiger partial charge is 0.335 e. The van der Waals surface area contributed by atoms with Gasteiger partial charge in [-0.25, -0.2) is 17.9 Å². The molecule has 0 saturated carbocycles. The second-order valence-electron chi connectivity index (χ2n) is 13.9. The Bertz CT molecular complexity index is 2200. The summed E-state index contributed by atoms with van der Waals surface area (Å²) < 4.78 is 33.1. The lowest BCUT2D eigenvalue weighted by Crippen LogP contribution is -2.29. The van der Waals surface area contributed by atoms with Gasteiger partial charge in [-0.2, -0.15) is 0 Å². The van der Waals surface area contributed by atoms with Crippen LogP contribution in [0.25, 0.3) is 10.9 Å². The number of hydrogen-bond donors (Lipinski definition) is 2. The highest BCUT2D eigenvalue weighted by atomic mass is 35.5. The second-order valence-corrected chi connectivity index (χ2v) is 16.1. The highest BCUT2D eigenvalue weighted by molar-refractivity contribution is 7.89. The Hall–Kier alpha value is -4.69. The van der Waals surface area contributed by atoms with E-state index in [0.717, 1.165) is 63.7 Å². The molecule has 0 aliphatic carbocycles. The van der Waals surface area contributed by atoms with Crippen LogP contribution in [-0.4, -0.2) is 30.6 Å². The molecule has 0 radical (unpaired) electrons. The molecule has 0 unspecified atom stereocenters. The number of sulfonamides is 1. The van der Waals surface area contributed by atoms with Gasteiger partial charge in [0.1, 0.15) is 0 Å². The lowest BCUT2D eigenvalue weighted by Gasteiger charge is -2.25. The Morgan fingerprint density at radius 1 is 0.784 bits per heavy atom. The van der Waals surface area contributed by atoms with E-state index in [-0.39, 0.29) is 23.6 Å². The van der Waals surface area contributed by atoms with Crippen LogP contribution in [0.5, 0.6) is 0 Å². The molecule has 8 heteroatoms. The summed E-state index contributed by atoms with van der Waals surface area (Å²) in [6.45, 7) is 6.26. The molecule has 6 nitrogen and oxygen atoms in total. The molecule has 0 amide bonds. The van der Waals surface area contributed by atoms with Crippen molar-refractivity contribution in [1.29, 1.82) is 0 Å². The summed E-state index contributed by atoms with van der Waals surface area (Å²) in [6, 6.07) is 40.8. The summed E-state index contributed by atoms with van der Waals surface area (Å²) in [7, 11) is -3.82. The minimum Gasteiger partial charge on any atom is -0.478 e. The van der Waals surface area contributed by atoms with E-state index in [4.69, 9.17) is 11.6 Å². The molecule has 0 aliphatic heterocycles. The third kappa shape index (κ3) is 8.12. The number of carbonyl (C=O) groups is 1. The number of nitrogens with zero attached hydrogens (tertiary/aromatic N) is 1. The Balaban J connectivity index is 1.44. The number of carboxylic acid groups (broad SMARTS) is 1. The van der Waals surface area contributed by atoms with Gasteiger partial charge in [0.2, 0.25) is 10.0 Å². The molecule has 0 bridgehead atoms. The second kappa shape index (κ2) is 15.3. The van der Waals surface area contributed by atoms with Gasteiger partial charge in [0.15, 0.2) is 0 Å². The first-order valence-electron chi connectivity index (χ1n) is 17.3. The molecule has 0 spiro atoms. The van der Waals surface area contributed by atoms with E-state index in [1.54, 1.807) is 24.3 Å². The van der Waals surface area contributed by atoms with Crippen molar-refractivity contribution >= 4 is 38.5 Å². The van der Waals surface area contributed by atoms with Gasteiger partial charge in [-0.1, -0.05) is 123 Å². The number of rotatable bonds is 13. The fourth-order valence-corrected chi connectivity index (χ4v) is 8.62. The largest absolute Gasteiger partial charge is 0.478 e. The van der Waals surface area contributed by atoms with Crippen LogP contribution < -0.4 is 4.72 Å². The van der Waals surface area contributed by atoms with E-state index < -0.39 is 16.0 Å². The van der Waals surface area contributed by atoms with Crippen molar-refractivity contribution in [2.45, 2.75) is 62.8 Å². The number of fused-ring (bicyclic) bond motifs is 1. The first-order valence-corrected chi connectivity index (χ1v) is 19.1. The van der Waals surface area contributed by atoms with Crippen LogP contribution in [0.3, 0.4) is 0 Å². The molecule has 1 aromatic heterocycles. The molecule has 0 atom stereocenters. The first kappa shape index (κ1) is 36.1. The third-order valence-corrected chi connectivity index (χ3v) is 11.2. The van der Waals surface area contributed by atoms with Crippen molar-refractivity contribution in [3.63, 3.8) is 0 Å². The molecule has 0 fully saturated rings. The first-order chi connectivity index (χ1) is 24.4. The van der Waals surface area contributed by atoms with Crippen LogP contribution in [0.1, 0.15) is 77.1 Å². The maximum atomic E-state index is 13.9. The van der Waals surface area contributed by atoms with Crippen molar-refractivity contribution in [1.82, 2.24) is 9.29 Å². The summed E-state index contributed by atoms with van der Waals surface area (Å²) in [4.78, 5) is 11.7. The van der Waals surface area contributed by atoms with Gasteiger partial charge in [-0.3, -0.25) is 0 Å². The van der Waals surface area contributed by atoms with Gasteiger partial charge in [0.25, 0.3) is 0 Å². The Labute approximate surface area is 305 Å². The van der Waals surface area contributed by atoms with Crippen LogP contribution in [0.2, 0.25) is 5.02 Å². The number of carboxylic acids is 1. The minimum absolute atomic E-state index is 0.179. The zero-order chi connectivity index (χ0) is 36.2. The lowest BCUT2D eigenvalue weighted by molar-refractivity contribution is 0.0697. The van der Waals surface area contributed by atoms with Crippen LogP contribution in [-0.2, 0) is 34.7 Å². The summed E-state index contributed by atoms with van der Waals surface area (Å²) in [5.74, 6) is -0.945. The summed E-state index contributed by atoms with van der Waals surface area (Å²) in [6.07, 6.45) is 2.72. The van der Waals surface area contributed by atoms with E-state index in [1.807, 2.05) is 93.6 Å². The van der Waals surface area contributed by atoms with Gasteiger partial charge in [-0.05, 0) is 88.9 Å². The molecule has 5 aromatic carbocycles. The molecule has 262 valence electrons. The minimum atomic E-state index is -3.82. The van der Waals surface area contributed by atoms with E-state index in [1.165, 1.54) is 0 Å². The van der Waals surface area contributed by atoms with E-state index in [0.29, 0.717) is 16.3 Å². The van der Waals surface area contributed by atoms with Crippen molar-refractivity contribution < 1.29 is 18.3 Å². The number of aryl methyl sites for hydroxylation is 2. The molecule has 0 saturated heterocycles. The average molecular weight is 719 g/mol. The fraction of sp³-hybridized carbons (Fsp3) is 0.233. The van der Waals surface area contributed by atoms with Gasteiger partial charge in [0.05, 0.1) is 16.5 Å².